The summed E-state index contributed by atoms with van der Waals surface area (Å²) < 4.78 is 0. The lowest BCUT2D eigenvalue weighted by Crippen LogP contribution is -2.11. The van der Waals surface area contributed by atoms with Crippen LogP contribution in [0.4, 0.5) is 17.1 Å². The second-order valence-electron chi connectivity index (χ2n) is 12.8. The van der Waals surface area contributed by atoms with Crippen LogP contribution in [0, 0.1) is 0 Å². The van der Waals surface area contributed by atoms with Gasteiger partial charge in [0.1, 0.15) is 0 Å². The summed E-state index contributed by atoms with van der Waals surface area (Å²) >= 11 is 0. The molecule has 0 saturated heterocycles. The predicted octanol–water partition coefficient (Wildman–Crippen LogP) is 11.0. The van der Waals surface area contributed by atoms with Crippen molar-refractivity contribution in [1.82, 2.24) is 29.9 Å². The average Bonchev–Trinajstić information content (AvgIpc) is 3.40. The minimum Gasteiger partial charge on any atom is -0.309 e. The first-order valence-corrected chi connectivity index (χ1v) is 17.5. The molecule has 0 aliphatic carbocycles. The third kappa shape index (κ3) is 5.48. The maximum atomic E-state index is 5.16. The van der Waals surface area contributed by atoms with Crippen LogP contribution >= 0.6 is 0 Å². The Balaban J connectivity index is 1.14. The van der Waals surface area contributed by atoms with Gasteiger partial charge in [0, 0.05) is 27.9 Å². The monoisotopic (exact) mass is 679 g/mol. The highest BCUT2D eigenvalue weighted by molar-refractivity contribution is 5.94. The van der Waals surface area contributed by atoms with E-state index in [1.54, 1.807) is 0 Å². The number of fused-ring (bicyclic) bond motifs is 4. The Morgan fingerprint density at radius 3 is 0.981 bits per heavy atom. The summed E-state index contributed by atoms with van der Waals surface area (Å²) in [4.78, 5) is 32.5. The minimum absolute atomic E-state index is 0.401. The van der Waals surface area contributed by atoms with E-state index >= 15 is 0 Å². The number of hydrogen-bond donors (Lipinski definition) is 0. The fraction of sp³-hybridized carbons (Fsp3) is 0. The molecule has 0 spiro atoms. The fourth-order valence-electron chi connectivity index (χ4n) is 6.95. The van der Waals surface area contributed by atoms with Crippen LogP contribution in [0.1, 0.15) is 11.1 Å². The van der Waals surface area contributed by atoms with Gasteiger partial charge in [0.2, 0.25) is 22.6 Å². The largest absolute Gasteiger partial charge is 0.309 e. The van der Waals surface area contributed by atoms with Crippen molar-refractivity contribution in [2.75, 3.05) is 4.90 Å². The molecule has 3 aromatic heterocycles. The molecule has 248 valence electrons. The molecule has 9 aromatic rings. The summed E-state index contributed by atoms with van der Waals surface area (Å²) in [6.45, 7) is 0. The van der Waals surface area contributed by atoms with Gasteiger partial charge < -0.3 is 4.90 Å². The molecule has 53 heavy (non-hydrogen) atoms. The van der Waals surface area contributed by atoms with E-state index in [4.69, 9.17) is 29.9 Å². The molecule has 0 saturated carbocycles. The summed E-state index contributed by atoms with van der Waals surface area (Å²) in [5.41, 5.74) is 13.8. The minimum atomic E-state index is 0.401. The molecule has 4 heterocycles. The topological polar surface area (TPSA) is 80.6 Å². The molecule has 1 aliphatic heterocycles. The van der Waals surface area contributed by atoms with Crippen LogP contribution in [0.25, 0.3) is 79.8 Å². The van der Waals surface area contributed by atoms with Crippen molar-refractivity contribution in [2.45, 2.75) is 0 Å². The van der Waals surface area contributed by atoms with Gasteiger partial charge in [-0.15, -0.1) is 0 Å². The molecule has 10 rings (SSSR count). The maximum absolute atomic E-state index is 5.16. The second kappa shape index (κ2) is 12.7. The smallest absolute Gasteiger partial charge is 0.200 e. The van der Waals surface area contributed by atoms with Crippen molar-refractivity contribution in [2.24, 2.45) is 0 Å². The number of hydrogen-bond acceptors (Lipinski definition) is 7. The highest BCUT2D eigenvalue weighted by Crippen LogP contribution is 2.42. The number of benzene rings is 6. The van der Waals surface area contributed by atoms with Crippen molar-refractivity contribution in [3.05, 3.63) is 175 Å². The summed E-state index contributed by atoms with van der Waals surface area (Å²) in [5.74, 6) is 0. The first-order valence-electron chi connectivity index (χ1n) is 17.5. The van der Waals surface area contributed by atoms with Crippen LogP contribution < -0.4 is 4.90 Å². The van der Waals surface area contributed by atoms with Crippen molar-refractivity contribution in [1.29, 1.82) is 0 Å². The van der Waals surface area contributed by atoms with Crippen LogP contribution in [0.3, 0.4) is 0 Å². The van der Waals surface area contributed by atoms with E-state index in [9.17, 15) is 0 Å². The highest BCUT2D eigenvalue weighted by Gasteiger charge is 2.22. The van der Waals surface area contributed by atoms with E-state index < -0.39 is 0 Å². The van der Waals surface area contributed by atoms with Gasteiger partial charge in [-0.05, 0) is 35.4 Å². The SMILES string of the molecule is C1=Cc2ccccc2N(c2ccc(-c3nc4nc5nc(-c6ccccc6)c(-c6ccccc6)nc5nc4nc3-c3ccccc3)cc2)c2ccccc21. The molecule has 0 fully saturated rings. The molecule has 0 unspecified atom stereocenters. The molecule has 7 nitrogen and oxygen atoms in total. The maximum Gasteiger partial charge on any atom is 0.200 e. The Labute approximate surface area is 305 Å². The van der Waals surface area contributed by atoms with Crippen LogP contribution in [0.2, 0.25) is 0 Å². The lowest BCUT2D eigenvalue weighted by molar-refractivity contribution is 1.15. The van der Waals surface area contributed by atoms with Crippen molar-refractivity contribution in [3.8, 4) is 45.0 Å². The summed E-state index contributed by atoms with van der Waals surface area (Å²) in [7, 11) is 0. The van der Waals surface area contributed by atoms with Gasteiger partial charge in [-0.25, -0.2) is 29.9 Å². The molecule has 6 aromatic carbocycles. The van der Waals surface area contributed by atoms with E-state index in [1.165, 1.54) is 0 Å². The number of para-hydroxylation sites is 2. The highest BCUT2D eigenvalue weighted by atomic mass is 15.1. The van der Waals surface area contributed by atoms with Gasteiger partial charge in [0.25, 0.3) is 0 Å². The zero-order valence-corrected chi connectivity index (χ0v) is 28.4. The summed E-state index contributed by atoms with van der Waals surface area (Å²) in [6, 6.07) is 55.6. The second-order valence-corrected chi connectivity index (χ2v) is 12.8. The zero-order chi connectivity index (χ0) is 35.1. The standard InChI is InChI=1S/C46H29N7/c1-4-16-32(17-5-1)39-40(33-18-6-2-7-19-33)48-44-43(47-39)51-45-46(52-44)50-42(41(49-45)34-20-8-3-9-21-34)35-26-28-36(29-27-35)53-37-22-12-10-14-30(37)24-25-31-15-11-13-23-38(31)53/h1-29H. The Morgan fingerprint density at radius 2 is 0.604 bits per heavy atom. The number of rotatable bonds is 5. The molecule has 0 atom stereocenters. The van der Waals surface area contributed by atoms with Crippen molar-refractivity contribution >= 4 is 51.8 Å². The molecule has 0 N–H and O–H groups in total. The van der Waals surface area contributed by atoms with Gasteiger partial charge >= 0.3 is 0 Å². The number of aromatic nitrogens is 6. The van der Waals surface area contributed by atoms with E-state index in [2.05, 4.69) is 89.8 Å². The van der Waals surface area contributed by atoms with E-state index in [0.717, 1.165) is 61.8 Å². The van der Waals surface area contributed by atoms with Crippen LogP contribution in [-0.2, 0) is 0 Å². The van der Waals surface area contributed by atoms with Crippen LogP contribution in [0.5, 0.6) is 0 Å². The summed E-state index contributed by atoms with van der Waals surface area (Å²) in [6.07, 6.45) is 4.36. The molecule has 0 radical (unpaired) electrons. The third-order valence-electron chi connectivity index (χ3n) is 9.48. The van der Waals surface area contributed by atoms with Crippen molar-refractivity contribution < 1.29 is 0 Å². The number of anilines is 3. The number of nitrogens with zero attached hydrogens (tertiary/aromatic N) is 7. The molecule has 0 amide bonds. The normalized spacial score (nSPS) is 12.0. The first-order chi connectivity index (χ1) is 26.3. The summed E-state index contributed by atoms with van der Waals surface area (Å²) in [5, 5.41) is 0. The van der Waals surface area contributed by atoms with Gasteiger partial charge in [0.15, 0.2) is 0 Å². The predicted molar refractivity (Wildman–Crippen MR) is 214 cm³/mol. The van der Waals surface area contributed by atoms with Crippen molar-refractivity contribution in [3.63, 3.8) is 0 Å². The molecular formula is C46H29N7. The Kier molecular flexibility index (Phi) is 7.32. The zero-order valence-electron chi connectivity index (χ0n) is 28.4. The van der Waals surface area contributed by atoms with Gasteiger partial charge in [-0.3, -0.25) is 0 Å². The fourth-order valence-corrected chi connectivity index (χ4v) is 6.95. The van der Waals surface area contributed by atoms with E-state index in [-0.39, 0.29) is 0 Å². The van der Waals surface area contributed by atoms with Gasteiger partial charge in [-0.1, -0.05) is 152 Å². The molecule has 7 heteroatoms. The quantitative estimate of drug-likeness (QED) is 0.167. The molecule has 0 bridgehead atoms. The lowest BCUT2D eigenvalue weighted by atomic mass is 10.0. The Hall–Kier alpha value is -7.38. The lowest BCUT2D eigenvalue weighted by Gasteiger charge is -2.27. The third-order valence-corrected chi connectivity index (χ3v) is 9.48. The van der Waals surface area contributed by atoms with Crippen LogP contribution in [0.15, 0.2) is 164 Å². The molecular weight excluding hydrogens is 651 g/mol. The Bertz CT molecular complexity index is 2770. The van der Waals surface area contributed by atoms with E-state index in [0.29, 0.717) is 34.0 Å². The van der Waals surface area contributed by atoms with Crippen LogP contribution in [-0.4, -0.2) is 29.9 Å². The average molecular weight is 680 g/mol. The van der Waals surface area contributed by atoms with Gasteiger partial charge in [0.05, 0.1) is 34.2 Å². The van der Waals surface area contributed by atoms with Gasteiger partial charge in [-0.2, -0.15) is 0 Å². The molecule has 1 aliphatic rings. The Morgan fingerprint density at radius 1 is 0.283 bits per heavy atom. The first kappa shape index (κ1) is 30.4. The van der Waals surface area contributed by atoms with E-state index in [1.807, 2.05) is 91.0 Å².